The van der Waals surface area contributed by atoms with Gasteiger partial charge in [0.05, 0.1) is 11.9 Å². The normalized spacial score (nSPS) is 15.5. The number of fused-ring (bicyclic) bond motifs is 2. The molecule has 1 aliphatic carbocycles. The maximum absolute atomic E-state index is 11.3. The van der Waals surface area contributed by atoms with E-state index >= 15 is 0 Å². The topological polar surface area (TPSA) is 110 Å². The summed E-state index contributed by atoms with van der Waals surface area (Å²) < 4.78 is 0. The average Bonchev–Trinajstić information content (AvgIpc) is 3.60. The van der Waals surface area contributed by atoms with Crippen molar-refractivity contribution in [2.75, 3.05) is 6.54 Å². The number of hydroxylamine groups is 1. The number of aromatic amines is 2. The molecule has 4 N–H and O–H groups in total. The van der Waals surface area contributed by atoms with E-state index in [9.17, 15) is 4.79 Å². The van der Waals surface area contributed by atoms with Gasteiger partial charge in [-0.1, -0.05) is 36.4 Å². The van der Waals surface area contributed by atoms with Crippen LogP contribution in [0, 0.1) is 0 Å². The van der Waals surface area contributed by atoms with Gasteiger partial charge in [-0.2, -0.15) is 15.4 Å². The minimum absolute atomic E-state index is 0.292. The second kappa shape index (κ2) is 9.40. The van der Waals surface area contributed by atoms with Crippen molar-refractivity contribution in [2.24, 2.45) is 0 Å². The summed E-state index contributed by atoms with van der Waals surface area (Å²) in [5.74, 6) is -0.538. The van der Waals surface area contributed by atoms with Gasteiger partial charge < -0.3 is 4.98 Å². The van der Waals surface area contributed by atoms with Crippen molar-refractivity contribution in [1.29, 1.82) is 0 Å². The van der Waals surface area contributed by atoms with Crippen molar-refractivity contribution in [3.05, 3.63) is 88.9 Å². The summed E-state index contributed by atoms with van der Waals surface area (Å²) in [4.78, 5) is 17.2. The third kappa shape index (κ3) is 4.57. The lowest BCUT2D eigenvalue weighted by Crippen LogP contribution is -2.29. The Bertz CT molecular complexity index is 1280. The van der Waals surface area contributed by atoms with E-state index in [1.807, 2.05) is 6.07 Å². The van der Waals surface area contributed by atoms with Crippen LogP contribution < -0.4 is 5.48 Å². The molecule has 0 spiro atoms. The fourth-order valence-electron chi connectivity index (χ4n) is 4.76. The molecule has 5 rings (SSSR count). The van der Waals surface area contributed by atoms with Crippen molar-refractivity contribution >= 4 is 22.9 Å². The fourth-order valence-corrected chi connectivity index (χ4v) is 4.76. The molecule has 1 aliphatic rings. The summed E-state index contributed by atoms with van der Waals surface area (Å²) in [7, 11) is 0. The molecule has 0 bridgehead atoms. The zero-order chi connectivity index (χ0) is 22.6. The third-order valence-electron chi connectivity index (χ3n) is 6.36. The molecule has 1 unspecified atom stereocenters. The van der Waals surface area contributed by atoms with Crippen LogP contribution in [0.1, 0.15) is 40.4 Å². The van der Waals surface area contributed by atoms with E-state index in [1.54, 1.807) is 17.8 Å². The first-order valence-corrected chi connectivity index (χ1v) is 11.1. The van der Waals surface area contributed by atoms with E-state index in [2.05, 4.69) is 67.9 Å². The quantitative estimate of drug-likeness (QED) is 0.190. The largest absolute Gasteiger partial charge is 0.361 e. The summed E-state index contributed by atoms with van der Waals surface area (Å²) in [5.41, 5.74) is 8.59. The van der Waals surface area contributed by atoms with Crippen LogP contribution in [0.25, 0.3) is 17.0 Å². The van der Waals surface area contributed by atoms with Gasteiger partial charge >= 0.3 is 0 Å². The number of aromatic nitrogens is 4. The van der Waals surface area contributed by atoms with Crippen LogP contribution in [0.15, 0.2) is 60.9 Å². The van der Waals surface area contributed by atoms with E-state index in [-0.39, 0.29) is 0 Å². The van der Waals surface area contributed by atoms with Crippen LogP contribution in [-0.4, -0.2) is 43.0 Å². The molecule has 1 amide bonds. The van der Waals surface area contributed by atoms with Gasteiger partial charge in [0.1, 0.15) is 0 Å². The van der Waals surface area contributed by atoms with Crippen molar-refractivity contribution in [1.82, 2.24) is 30.8 Å². The first-order valence-electron chi connectivity index (χ1n) is 11.1. The molecule has 0 fully saturated rings. The molecule has 2 aromatic carbocycles. The maximum atomic E-state index is 11.3. The Morgan fingerprint density at radius 1 is 1.27 bits per heavy atom. The van der Waals surface area contributed by atoms with Crippen LogP contribution in [0.4, 0.5) is 0 Å². The van der Waals surface area contributed by atoms with E-state index in [4.69, 9.17) is 5.21 Å². The molecule has 1 atom stereocenters. The average molecular weight is 443 g/mol. The Labute approximate surface area is 191 Å². The van der Waals surface area contributed by atoms with Gasteiger partial charge in [-0.25, -0.2) is 5.48 Å². The number of hydrogen-bond acceptors (Lipinski definition) is 5. The van der Waals surface area contributed by atoms with Gasteiger partial charge in [0.15, 0.2) is 0 Å². The Morgan fingerprint density at radius 3 is 3.03 bits per heavy atom. The molecule has 0 saturated carbocycles. The Morgan fingerprint density at radius 2 is 2.18 bits per heavy atom. The molecule has 0 aliphatic heterocycles. The van der Waals surface area contributed by atoms with E-state index in [1.165, 1.54) is 28.2 Å². The summed E-state index contributed by atoms with van der Waals surface area (Å²) in [6.07, 6.45) is 9.89. The predicted octanol–water partition coefficient (Wildman–Crippen LogP) is 3.54. The second-order valence-corrected chi connectivity index (χ2v) is 8.36. The number of H-pyrrole nitrogens is 2. The molecule has 4 aromatic rings. The highest BCUT2D eigenvalue weighted by Crippen LogP contribution is 2.37. The maximum Gasteiger partial charge on any atom is 0.267 e. The molecule has 168 valence electrons. The SMILES string of the molecule is O=C(/C=C/c1ccc2c(c1)CCC2N(CCc1c[nH]c2ccccc12)Cc1cn[nH]n1)NO. The van der Waals surface area contributed by atoms with Gasteiger partial charge in [0, 0.05) is 42.3 Å². The number of hydrogen-bond donors (Lipinski definition) is 4. The summed E-state index contributed by atoms with van der Waals surface area (Å²) in [6, 6.07) is 15.0. The Kier molecular flexibility index (Phi) is 6.01. The summed E-state index contributed by atoms with van der Waals surface area (Å²) >= 11 is 0. The zero-order valence-corrected chi connectivity index (χ0v) is 18.2. The Balaban J connectivity index is 1.37. The van der Waals surface area contributed by atoms with Gasteiger partial charge in [0.2, 0.25) is 0 Å². The highest BCUT2D eigenvalue weighted by Gasteiger charge is 2.28. The first-order chi connectivity index (χ1) is 16.2. The summed E-state index contributed by atoms with van der Waals surface area (Å²) in [6.45, 7) is 1.62. The highest BCUT2D eigenvalue weighted by molar-refractivity contribution is 5.90. The number of rotatable bonds is 8. The Hall–Kier alpha value is -3.75. The van der Waals surface area contributed by atoms with Gasteiger partial charge in [-0.15, -0.1) is 0 Å². The zero-order valence-electron chi connectivity index (χ0n) is 18.2. The van der Waals surface area contributed by atoms with Crippen molar-refractivity contribution < 1.29 is 10.0 Å². The van der Waals surface area contributed by atoms with Crippen LogP contribution in [0.3, 0.4) is 0 Å². The smallest absolute Gasteiger partial charge is 0.267 e. The highest BCUT2D eigenvalue weighted by atomic mass is 16.5. The van der Waals surface area contributed by atoms with Crippen molar-refractivity contribution in [3.63, 3.8) is 0 Å². The number of amides is 1. The number of nitrogens with zero attached hydrogens (tertiary/aromatic N) is 3. The summed E-state index contributed by atoms with van der Waals surface area (Å²) in [5, 5.41) is 20.9. The number of para-hydroxylation sites is 1. The minimum Gasteiger partial charge on any atom is -0.361 e. The number of aryl methyl sites for hydroxylation is 1. The molecule has 0 radical (unpaired) electrons. The lowest BCUT2D eigenvalue weighted by atomic mass is 10.0. The van der Waals surface area contributed by atoms with E-state index in [0.717, 1.165) is 49.1 Å². The van der Waals surface area contributed by atoms with Gasteiger partial charge in [0.25, 0.3) is 5.91 Å². The molecule has 33 heavy (non-hydrogen) atoms. The first kappa shape index (κ1) is 21.1. The molecular weight excluding hydrogens is 416 g/mol. The molecule has 2 heterocycles. The predicted molar refractivity (Wildman–Crippen MR) is 125 cm³/mol. The second-order valence-electron chi connectivity index (χ2n) is 8.36. The molecule has 2 aromatic heterocycles. The number of carbonyl (C=O) groups is 1. The van der Waals surface area contributed by atoms with Crippen molar-refractivity contribution in [3.8, 4) is 0 Å². The van der Waals surface area contributed by atoms with Gasteiger partial charge in [-0.05, 0) is 53.7 Å². The molecule has 0 saturated heterocycles. The third-order valence-corrected chi connectivity index (χ3v) is 6.36. The standard InChI is InChI=1S/C25H26N6O2/c32-25(29-33)10-6-17-5-8-22-18(13-17)7-9-24(22)31(16-20-15-27-30-28-20)12-11-19-14-26-23-4-2-1-3-21(19)23/h1-6,8,10,13-15,24,26,33H,7,9,11-12,16H2,(H,29,32)(H,27,28,30)/b10-6+. The lowest BCUT2D eigenvalue weighted by molar-refractivity contribution is -0.124. The van der Waals surface area contributed by atoms with E-state index in [0.29, 0.717) is 6.04 Å². The number of nitrogens with one attached hydrogen (secondary N) is 3. The van der Waals surface area contributed by atoms with Crippen molar-refractivity contribution in [2.45, 2.75) is 31.8 Å². The molecule has 8 heteroatoms. The fraction of sp³-hybridized carbons (Fsp3) is 0.240. The monoisotopic (exact) mass is 442 g/mol. The minimum atomic E-state index is -0.538. The lowest BCUT2D eigenvalue weighted by Gasteiger charge is -2.29. The van der Waals surface area contributed by atoms with Crippen LogP contribution in [0.5, 0.6) is 0 Å². The van der Waals surface area contributed by atoms with E-state index < -0.39 is 5.91 Å². The van der Waals surface area contributed by atoms with Crippen LogP contribution >= 0.6 is 0 Å². The number of benzene rings is 2. The molecule has 8 nitrogen and oxygen atoms in total. The van der Waals surface area contributed by atoms with Crippen LogP contribution in [-0.2, 0) is 24.2 Å². The molecular formula is C25H26N6O2. The van der Waals surface area contributed by atoms with Gasteiger partial charge in [-0.3, -0.25) is 14.9 Å². The number of carbonyl (C=O) groups excluding carboxylic acids is 1. The van der Waals surface area contributed by atoms with Crippen LogP contribution in [0.2, 0.25) is 0 Å².